The van der Waals surface area contributed by atoms with Crippen LogP contribution in [0.4, 0.5) is 0 Å². The van der Waals surface area contributed by atoms with Gasteiger partial charge in [0.1, 0.15) is 0 Å². The number of likely N-dealkylation sites (N-methyl/N-ethyl adjacent to an activating group) is 1. The maximum atomic E-state index is 5.61. The number of piperazine rings is 1. The summed E-state index contributed by atoms with van der Waals surface area (Å²) in [7, 11) is 0. The van der Waals surface area contributed by atoms with E-state index in [9.17, 15) is 0 Å². The topological polar surface area (TPSA) is 19.7 Å². The second-order valence-corrected chi connectivity index (χ2v) is 6.71. The molecule has 18 heavy (non-hydrogen) atoms. The van der Waals surface area contributed by atoms with E-state index in [1.54, 1.807) is 4.90 Å². The van der Waals surface area contributed by atoms with Gasteiger partial charge in [-0.1, -0.05) is 6.42 Å². The van der Waals surface area contributed by atoms with E-state index in [0.29, 0.717) is 6.04 Å². The lowest BCUT2D eigenvalue weighted by Crippen LogP contribution is -3.14. The molecule has 2 bridgehead atoms. The second-order valence-electron chi connectivity index (χ2n) is 6.32. The van der Waals surface area contributed by atoms with Crippen molar-refractivity contribution in [3.05, 3.63) is 0 Å². The van der Waals surface area contributed by atoms with Crippen molar-refractivity contribution in [3.8, 4) is 0 Å². The van der Waals surface area contributed by atoms with Crippen molar-refractivity contribution in [1.29, 1.82) is 0 Å². The first-order valence-electron chi connectivity index (χ1n) is 7.65. The molecule has 2 aliphatic carbocycles. The predicted molar refractivity (Wildman–Crippen MR) is 77.8 cm³/mol. The van der Waals surface area contributed by atoms with Crippen LogP contribution in [0.15, 0.2) is 0 Å². The Morgan fingerprint density at radius 1 is 1.28 bits per heavy atom. The van der Waals surface area contributed by atoms with Crippen LogP contribution in [0.5, 0.6) is 0 Å². The maximum Gasteiger partial charge on any atom is 0.169 e. The lowest BCUT2D eigenvalue weighted by Gasteiger charge is -2.35. The molecular weight excluding hydrogens is 242 g/mol. The Morgan fingerprint density at radius 3 is 2.61 bits per heavy atom. The SMILES string of the molecule is CC[NH+]1CCN(C(=S)N[C@H]2C[C@@H]3CC[C@H]2C3)CC1. The maximum absolute atomic E-state index is 5.61. The zero-order valence-electron chi connectivity index (χ0n) is 11.5. The van der Waals surface area contributed by atoms with Crippen molar-refractivity contribution in [1.82, 2.24) is 10.2 Å². The van der Waals surface area contributed by atoms with Crippen LogP contribution >= 0.6 is 12.2 Å². The van der Waals surface area contributed by atoms with Crippen LogP contribution in [0.2, 0.25) is 0 Å². The summed E-state index contributed by atoms with van der Waals surface area (Å²) in [5.74, 6) is 1.91. The largest absolute Gasteiger partial charge is 0.360 e. The van der Waals surface area contributed by atoms with Gasteiger partial charge in [0, 0.05) is 6.04 Å². The van der Waals surface area contributed by atoms with E-state index in [1.807, 2.05) is 0 Å². The third kappa shape index (κ3) is 2.50. The van der Waals surface area contributed by atoms with Crippen molar-refractivity contribution in [2.24, 2.45) is 11.8 Å². The molecule has 0 radical (unpaired) electrons. The fourth-order valence-electron chi connectivity index (χ4n) is 4.05. The van der Waals surface area contributed by atoms with Crippen LogP contribution in [0.25, 0.3) is 0 Å². The van der Waals surface area contributed by atoms with E-state index in [4.69, 9.17) is 12.2 Å². The van der Waals surface area contributed by atoms with Gasteiger partial charge in [-0.25, -0.2) is 0 Å². The van der Waals surface area contributed by atoms with Crippen LogP contribution < -0.4 is 10.2 Å². The van der Waals surface area contributed by atoms with Gasteiger partial charge < -0.3 is 15.1 Å². The molecular formula is C14H26N3S+. The van der Waals surface area contributed by atoms with Gasteiger partial charge in [0.15, 0.2) is 5.11 Å². The van der Waals surface area contributed by atoms with Gasteiger partial charge in [-0.05, 0) is 50.2 Å². The van der Waals surface area contributed by atoms with E-state index in [-0.39, 0.29) is 0 Å². The number of hydrogen-bond donors (Lipinski definition) is 2. The highest BCUT2D eigenvalue weighted by Crippen LogP contribution is 2.44. The van der Waals surface area contributed by atoms with Gasteiger partial charge in [-0.3, -0.25) is 0 Å². The predicted octanol–water partition coefficient (Wildman–Crippen LogP) is 0.270. The second kappa shape index (κ2) is 5.33. The van der Waals surface area contributed by atoms with Crippen LogP contribution in [0.3, 0.4) is 0 Å². The fraction of sp³-hybridized carbons (Fsp3) is 0.929. The molecule has 1 saturated heterocycles. The van der Waals surface area contributed by atoms with Crippen LogP contribution in [0, 0.1) is 11.8 Å². The zero-order chi connectivity index (χ0) is 12.5. The number of quaternary nitrogens is 1. The standard InChI is InChI=1S/C14H25N3S/c1-2-16-5-7-17(8-6-16)14(18)15-13-10-11-3-4-12(13)9-11/h11-13H,2-10H2,1H3,(H,15,18)/p+1/t11-,12+,13+/m1/s1. The van der Waals surface area contributed by atoms with Gasteiger partial charge in [-0.2, -0.15) is 0 Å². The minimum absolute atomic E-state index is 0.688. The molecule has 3 nitrogen and oxygen atoms in total. The smallest absolute Gasteiger partial charge is 0.169 e. The average molecular weight is 268 g/mol. The van der Waals surface area contributed by atoms with E-state index < -0.39 is 0 Å². The molecule has 2 saturated carbocycles. The molecule has 4 heteroatoms. The molecule has 3 rings (SSSR count). The summed E-state index contributed by atoms with van der Waals surface area (Å²) in [6, 6.07) is 0.688. The number of hydrogen-bond acceptors (Lipinski definition) is 1. The number of rotatable bonds is 2. The summed E-state index contributed by atoms with van der Waals surface area (Å²) in [5.41, 5.74) is 0. The Kier molecular flexibility index (Phi) is 3.76. The Morgan fingerprint density at radius 2 is 2.06 bits per heavy atom. The van der Waals surface area contributed by atoms with E-state index in [0.717, 1.165) is 30.0 Å². The van der Waals surface area contributed by atoms with Gasteiger partial charge >= 0.3 is 0 Å². The molecule has 1 heterocycles. The first kappa shape index (κ1) is 12.7. The third-order valence-electron chi connectivity index (χ3n) is 5.30. The van der Waals surface area contributed by atoms with Gasteiger partial charge in [0.25, 0.3) is 0 Å². The lowest BCUT2D eigenvalue weighted by atomic mass is 9.95. The monoisotopic (exact) mass is 268 g/mol. The molecule has 3 aliphatic rings. The van der Waals surface area contributed by atoms with Crippen LogP contribution in [-0.4, -0.2) is 48.8 Å². The van der Waals surface area contributed by atoms with Crippen molar-refractivity contribution >= 4 is 17.3 Å². The van der Waals surface area contributed by atoms with E-state index >= 15 is 0 Å². The van der Waals surface area contributed by atoms with Crippen LogP contribution in [-0.2, 0) is 0 Å². The summed E-state index contributed by atoms with van der Waals surface area (Å²) >= 11 is 5.61. The third-order valence-corrected chi connectivity index (χ3v) is 5.68. The number of nitrogens with one attached hydrogen (secondary N) is 2. The quantitative estimate of drug-likeness (QED) is 0.702. The molecule has 0 aromatic rings. The highest BCUT2D eigenvalue weighted by Gasteiger charge is 2.40. The number of thiocarbonyl (C=S) groups is 1. The fourth-order valence-corrected chi connectivity index (χ4v) is 4.38. The summed E-state index contributed by atoms with van der Waals surface area (Å²) in [5, 5.41) is 4.69. The van der Waals surface area contributed by atoms with Gasteiger partial charge in [0.05, 0.1) is 32.7 Å². The Bertz CT molecular complexity index is 312. The first-order valence-corrected chi connectivity index (χ1v) is 8.06. The van der Waals surface area contributed by atoms with E-state index in [2.05, 4.69) is 17.1 Å². The highest BCUT2D eigenvalue weighted by atomic mass is 32.1. The average Bonchev–Trinajstić information content (AvgIpc) is 3.01. The number of nitrogens with zero attached hydrogens (tertiary/aromatic N) is 1. The van der Waals surface area contributed by atoms with Crippen molar-refractivity contribution < 1.29 is 4.90 Å². The number of fused-ring (bicyclic) bond motifs is 2. The van der Waals surface area contributed by atoms with Gasteiger partial charge in [0.2, 0.25) is 0 Å². The summed E-state index contributed by atoms with van der Waals surface area (Å²) in [6.07, 6.45) is 5.71. The molecule has 0 amide bonds. The minimum Gasteiger partial charge on any atom is -0.360 e. The molecule has 0 unspecified atom stereocenters. The minimum atomic E-state index is 0.688. The van der Waals surface area contributed by atoms with Crippen molar-refractivity contribution in [2.45, 2.75) is 38.6 Å². The summed E-state index contributed by atoms with van der Waals surface area (Å²) < 4.78 is 0. The van der Waals surface area contributed by atoms with Crippen molar-refractivity contribution in [2.75, 3.05) is 32.7 Å². The Labute approximate surface area is 116 Å². The summed E-state index contributed by atoms with van der Waals surface area (Å²) in [4.78, 5) is 4.11. The molecule has 0 aromatic carbocycles. The molecule has 0 spiro atoms. The zero-order valence-corrected chi connectivity index (χ0v) is 12.3. The Balaban J connectivity index is 1.47. The molecule has 102 valence electrons. The lowest BCUT2D eigenvalue weighted by molar-refractivity contribution is -0.902. The molecule has 3 fully saturated rings. The van der Waals surface area contributed by atoms with Crippen molar-refractivity contribution in [3.63, 3.8) is 0 Å². The first-order chi connectivity index (χ1) is 8.76. The van der Waals surface area contributed by atoms with Crippen LogP contribution in [0.1, 0.15) is 32.6 Å². The van der Waals surface area contributed by atoms with Gasteiger partial charge in [-0.15, -0.1) is 0 Å². The molecule has 2 N–H and O–H groups in total. The summed E-state index contributed by atoms with van der Waals surface area (Å²) in [6.45, 7) is 8.28. The normalized spacial score (nSPS) is 36.1. The highest BCUT2D eigenvalue weighted by molar-refractivity contribution is 7.80. The van der Waals surface area contributed by atoms with E-state index in [1.165, 1.54) is 45.3 Å². The molecule has 1 aliphatic heterocycles. The molecule has 0 aromatic heterocycles. The molecule has 3 atom stereocenters. The Hall–Kier alpha value is -0.350.